The van der Waals surface area contributed by atoms with Crippen molar-refractivity contribution in [2.75, 3.05) is 12.3 Å². The van der Waals surface area contributed by atoms with Crippen molar-refractivity contribution in [3.8, 4) is 0 Å². The lowest BCUT2D eigenvalue weighted by Gasteiger charge is -2.21. The van der Waals surface area contributed by atoms with E-state index in [1.165, 1.54) is 30.5 Å². The van der Waals surface area contributed by atoms with Crippen LogP contribution in [0.4, 0.5) is 5.69 Å². The first kappa shape index (κ1) is 10.5. The van der Waals surface area contributed by atoms with Gasteiger partial charge in [-0.15, -0.1) is 0 Å². The van der Waals surface area contributed by atoms with Crippen molar-refractivity contribution >= 4 is 5.69 Å². The number of hydrogen-bond acceptors (Lipinski definition) is 2. The maximum atomic E-state index is 5.81. The number of nitrogen functional groups attached to an aromatic ring is 1. The highest BCUT2D eigenvalue weighted by Crippen LogP contribution is 2.21. The van der Waals surface area contributed by atoms with Crippen LogP contribution >= 0.6 is 0 Å². The maximum Gasteiger partial charge on any atom is 0.0343 e. The van der Waals surface area contributed by atoms with Crippen LogP contribution in [0.15, 0.2) is 18.2 Å². The normalized spacial score (nSPS) is 22.1. The Labute approximate surface area is 92.1 Å². The molecule has 2 N–H and O–H groups in total. The second-order valence-corrected chi connectivity index (χ2v) is 4.65. The highest BCUT2D eigenvalue weighted by molar-refractivity contribution is 5.47. The summed E-state index contributed by atoms with van der Waals surface area (Å²) in [5, 5.41) is 0. The van der Waals surface area contributed by atoms with E-state index in [4.69, 9.17) is 5.73 Å². The molecule has 0 bridgehead atoms. The molecule has 0 aliphatic carbocycles. The number of nitrogens with two attached hydrogens (primary N) is 1. The minimum Gasteiger partial charge on any atom is -0.399 e. The van der Waals surface area contributed by atoms with Crippen LogP contribution in [-0.2, 0) is 6.54 Å². The molecule has 2 rings (SSSR count). The van der Waals surface area contributed by atoms with Gasteiger partial charge < -0.3 is 5.73 Å². The van der Waals surface area contributed by atoms with Gasteiger partial charge in [0.1, 0.15) is 0 Å². The van der Waals surface area contributed by atoms with Crippen molar-refractivity contribution in [2.45, 2.75) is 39.3 Å². The van der Waals surface area contributed by atoms with E-state index in [1.807, 2.05) is 6.07 Å². The van der Waals surface area contributed by atoms with Crippen molar-refractivity contribution in [3.05, 3.63) is 29.3 Å². The van der Waals surface area contributed by atoms with Crippen molar-refractivity contribution < 1.29 is 0 Å². The molecular formula is C13H20N2. The molecule has 82 valence electrons. The van der Waals surface area contributed by atoms with Gasteiger partial charge in [-0.1, -0.05) is 12.1 Å². The number of aryl methyl sites for hydroxylation is 1. The first-order valence-corrected chi connectivity index (χ1v) is 5.76. The van der Waals surface area contributed by atoms with Crippen molar-refractivity contribution in [3.63, 3.8) is 0 Å². The fraction of sp³-hybridized carbons (Fsp3) is 0.538. The molecule has 1 heterocycles. The van der Waals surface area contributed by atoms with Crippen molar-refractivity contribution in [1.82, 2.24) is 4.90 Å². The third-order valence-electron chi connectivity index (χ3n) is 3.41. The van der Waals surface area contributed by atoms with Crippen LogP contribution in [0.25, 0.3) is 0 Å². The van der Waals surface area contributed by atoms with Crippen LogP contribution in [0.1, 0.15) is 30.9 Å². The summed E-state index contributed by atoms with van der Waals surface area (Å²) >= 11 is 0. The number of nitrogens with zero attached hydrogens (tertiary/aromatic N) is 1. The topological polar surface area (TPSA) is 29.3 Å². The molecule has 0 spiro atoms. The number of hydrogen-bond donors (Lipinski definition) is 1. The van der Waals surface area contributed by atoms with Gasteiger partial charge in [0.25, 0.3) is 0 Å². The van der Waals surface area contributed by atoms with Crippen LogP contribution in [0.2, 0.25) is 0 Å². The van der Waals surface area contributed by atoms with E-state index in [0.29, 0.717) is 0 Å². The molecule has 1 aromatic carbocycles. The van der Waals surface area contributed by atoms with Gasteiger partial charge in [-0.25, -0.2) is 0 Å². The molecule has 1 unspecified atom stereocenters. The number of rotatable bonds is 2. The minimum atomic E-state index is 0.739. The van der Waals surface area contributed by atoms with Gasteiger partial charge in [-0.2, -0.15) is 0 Å². The molecule has 0 radical (unpaired) electrons. The Morgan fingerprint density at radius 3 is 2.87 bits per heavy atom. The van der Waals surface area contributed by atoms with Gasteiger partial charge in [0.15, 0.2) is 0 Å². The van der Waals surface area contributed by atoms with Crippen LogP contribution in [0.3, 0.4) is 0 Å². The third kappa shape index (κ3) is 2.32. The molecular weight excluding hydrogens is 184 g/mol. The Balaban J connectivity index is 2.07. The van der Waals surface area contributed by atoms with Gasteiger partial charge in [0, 0.05) is 18.3 Å². The van der Waals surface area contributed by atoms with Crippen molar-refractivity contribution in [2.24, 2.45) is 0 Å². The van der Waals surface area contributed by atoms with E-state index >= 15 is 0 Å². The molecule has 0 amide bonds. The monoisotopic (exact) mass is 204 g/mol. The summed E-state index contributed by atoms with van der Waals surface area (Å²) in [6.45, 7) is 6.70. The Morgan fingerprint density at radius 2 is 2.27 bits per heavy atom. The standard InChI is InChI=1S/C13H20N2/c1-10-8-12(5-6-13(10)14)9-15-7-3-4-11(15)2/h5-6,8,11H,3-4,7,9,14H2,1-2H3. The second kappa shape index (κ2) is 4.23. The zero-order valence-electron chi connectivity index (χ0n) is 9.66. The Kier molecular flexibility index (Phi) is 2.96. The fourth-order valence-electron chi connectivity index (χ4n) is 2.30. The Morgan fingerprint density at radius 1 is 1.47 bits per heavy atom. The van der Waals surface area contributed by atoms with Gasteiger partial charge in [-0.05, 0) is 50.4 Å². The molecule has 0 saturated carbocycles. The summed E-state index contributed by atoms with van der Waals surface area (Å²) < 4.78 is 0. The summed E-state index contributed by atoms with van der Waals surface area (Å²) in [5.74, 6) is 0. The Hall–Kier alpha value is -1.02. The van der Waals surface area contributed by atoms with Crippen molar-refractivity contribution in [1.29, 1.82) is 0 Å². The van der Waals surface area contributed by atoms with Crippen LogP contribution in [0.5, 0.6) is 0 Å². The van der Waals surface area contributed by atoms with Gasteiger partial charge in [-0.3, -0.25) is 4.90 Å². The molecule has 1 saturated heterocycles. The molecule has 15 heavy (non-hydrogen) atoms. The average Bonchev–Trinajstić information content (AvgIpc) is 2.59. The quantitative estimate of drug-likeness (QED) is 0.750. The summed E-state index contributed by atoms with van der Waals surface area (Å²) in [6, 6.07) is 7.11. The smallest absolute Gasteiger partial charge is 0.0343 e. The number of likely N-dealkylation sites (tertiary alicyclic amines) is 1. The van der Waals surface area contributed by atoms with E-state index < -0.39 is 0 Å². The molecule has 1 aromatic rings. The zero-order chi connectivity index (χ0) is 10.8. The van der Waals surface area contributed by atoms with Crippen LogP contribution < -0.4 is 5.73 Å². The van der Waals surface area contributed by atoms with E-state index in [2.05, 4.69) is 30.9 Å². The molecule has 2 nitrogen and oxygen atoms in total. The molecule has 1 aliphatic rings. The van der Waals surface area contributed by atoms with Gasteiger partial charge in [0.2, 0.25) is 0 Å². The van der Waals surface area contributed by atoms with E-state index in [-0.39, 0.29) is 0 Å². The SMILES string of the molecule is Cc1cc(CN2CCCC2C)ccc1N. The third-order valence-corrected chi connectivity index (χ3v) is 3.41. The minimum absolute atomic E-state index is 0.739. The lowest BCUT2D eigenvalue weighted by atomic mass is 10.1. The highest BCUT2D eigenvalue weighted by Gasteiger charge is 2.19. The Bertz CT molecular complexity index is 346. The molecule has 1 fully saturated rings. The fourth-order valence-corrected chi connectivity index (χ4v) is 2.30. The van der Waals surface area contributed by atoms with Crippen LogP contribution in [-0.4, -0.2) is 17.5 Å². The van der Waals surface area contributed by atoms with Gasteiger partial charge >= 0.3 is 0 Å². The lowest BCUT2D eigenvalue weighted by molar-refractivity contribution is 0.260. The first-order chi connectivity index (χ1) is 7.16. The summed E-state index contributed by atoms with van der Waals surface area (Å²) in [7, 11) is 0. The highest BCUT2D eigenvalue weighted by atomic mass is 15.2. The van der Waals surface area contributed by atoms with E-state index in [9.17, 15) is 0 Å². The zero-order valence-corrected chi connectivity index (χ0v) is 9.66. The predicted octanol–water partition coefficient (Wildman–Crippen LogP) is 2.56. The van der Waals surface area contributed by atoms with E-state index in [0.717, 1.165) is 18.3 Å². The maximum absolute atomic E-state index is 5.81. The molecule has 2 heteroatoms. The first-order valence-electron chi connectivity index (χ1n) is 5.76. The predicted molar refractivity (Wildman–Crippen MR) is 64.7 cm³/mol. The number of benzene rings is 1. The summed E-state index contributed by atoms with van der Waals surface area (Å²) in [6.07, 6.45) is 2.68. The lowest BCUT2D eigenvalue weighted by Crippen LogP contribution is -2.26. The molecule has 0 aromatic heterocycles. The van der Waals surface area contributed by atoms with Crippen LogP contribution in [0, 0.1) is 6.92 Å². The second-order valence-electron chi connectivity index (χ2n) is 4.65. The summed E-state index contributed by atoms with van der Waals surface area (Å²) in [5.41, 5.74) is 9.29. The molecule has 1 atom stereocenters. The van der Waals surface area contributed by atoms with E-state index in [1.54, 1.807) is 0 Å². The summed E-state index contributed by atoms with van der Waals surface area (Å²) in [4.78, 5) is 2.55. The average molecular weight is 204 g/mol. The largest absolute Gasteiger partial charge is 0.399 e. The molecule has 1 aliphatic heterocycles. The van der Waals surface area contributed by atoms with Gasteiger partial charge in [0.05, 0.1) is 0 Å². The number of anilines is 1.